The molecule has 2 fully saturated rings. The van der Waals surface area contributed by atoms with E-state index in [1.165, 1.54) is 21.6 Å². The third-order valence-electron chi connectivity index (χ3n) is 3.86. The van der Waals surface area contributed by atoms with Crippen molar-refractivity contribution in [3.63, 3.8) is 0 Å². The normalized spacial score (nSPS) is 26.4. The third kappa shape index (κ3) is 3.25. The highest BCUT2D eigenvalue weighted by Gasteiger charge is 2.43. The highest BCUT2D eigenvalue weighted by atomic mass is 32.2. The third-order valence-corrected chi connectivity index (χ3v) is 5.22. The van der Waals surface area contributed by atoms with E-state index in [4.69, 9.17) is 0 Å². The van der Waals surface area contributed by atoms with Crippen LogP contribution in [0.2, 0.25) is 0 Å². The molecule has 2 atom stereocenters. The van der Waals surface area contributed by atoms with Crippen molar-refractivity contribution in [2.45, 2.75) is 31.2 Å². The lowest BCUT2D eigenvalue weighted by Crippen LogP contribution is -2.57. The van der Waals surface area contributed by atoms with Crippen LogP contribution >= 0.6 is 11.8 Å². The molecule has 0 saturated carbocycles. The Morgan fingerprint density at radius 2 is 2.10 bits per heavy atom. The van der Waals surface area contributed by atoms with Gasteiger partial charge in [0.2, 0.25) is 5.91 Å². The van der Waals surface area contributed by atoms with Gasteiger partial charge in [0.15, 0.2) is 0 Å². The van der Waals surface area contributed by atoms with E-state index in [1.807, 2.05) is 6.92 Å². The Balaban J connectivity index is 2.13. The van der Waals surface area contributed by atoms with E-state index in [0.29, 0.717) is 18.8 Å². The van der Waals surface area contributed by atoms with Gasteiger partial charge >= 0.3 is 12.0 Å². The number of likely N-dealkylation sites (N-methyl/N-ethyl adjacent to an activating group) is 1. The summed E-state index contributed by atoms with van der Waals surface area (Å²) in [5.74, 6) is -0.678. The summed E-state index contributed by atoms with van der Waals surface area (Å²) in [5, 5.41) is 9.20. The molecule has 7 nitrogen and oxygen atoms in total. The minimum absolute atomic E-state index is 0.0294. The smallest absolute Gasteiger partial charge is 0.327 e. The molecular formula is C13H21N3O4S. The van der Waals surface area contributed by atoms with Crippen LogP contribution in [0.15, 0.2) is 0 Å². The van der Waals surface area contributed by atoms with Gasteiger partial charge in [0.25, 0.3) is 0 Å². The molecule has 0 aromatic carbocycles. The zero-order valence-corrected chi connectivity index (χ0v) is 13.1. The summed E-state index contributed by atoms with van der Waals surface area (Å²) in [6, 6.07) is -1.12. The second kappa shape index (κ2) is 6.55. The van der Waals surface area contributed by atoms with Crippen LogP contribution in [0, 0.1) is 0 Å². The van der Waals surface area contributed by atoms with Crippen LogP contribution in [-0.2, 0) is 9.59 Å². The fourth-order valence-corrected chi connectivity index (χ4v) is 4.07. The van der Waals surface area contributed by atoms with Gasteiger partial charge in [-0.25, -0.2) is 9.59 Å². The molecule has 2 rings (SSSR count). The van der Waals surface area contributed by atoms with Crippen molar-refractivity contribution in [1.82, 2.24) is 14.7 Å². The number of amides is 3. The Bertz CT molecular complexity index is 445. The van der Waals surface area contributed by atoms with Crippen molar-refractivity contribution < 1.29 is 19.5 Å². The Morgan fingerprint density at radius 1 is 1.38 bits per heavy atom. The van der Waals surface area contributed by atoms with E-state index in [1.54, 1.807) is 11.9 Å². The minimum Gasteiger partial charge on any atom is -0.480 e. The molecular weight excluding hydrogens is 294 g/mol. The lowest BCUT2D eigenvalue weighted by Gasteiger charge is -2.37. The summed E-state index contributed by atoms with van der Waals surface area (Å²) in [6.45, 7) is 2.98. The highest BCUT2D eigenvalue weighted by Crippen LogP contribution is 2.33. The standard InChI is InChI=1S/C13H21N3O4S/c1-3-4-11-16(9(8-21-11)12(18)19)13(20)15-6-5-14(2)10(17)7-15/h9,11H,3-8H2,1-2H3,(H,18,19). The monoisotopic (exact) mass is 315 g/mol. The van der Waals surface area contributed by atoms with Gasteiger partial charge < -0.3 is 14.9 Å². The summed E-state index contributed by atoms with van der Waals surface area (Å²) in [4.78, 5) is 40.3. The topological polar surface area (TPSA) is 81.2 Å². The number of carboxylic acid groups (broad SMARTS) is 1. The van der Waals surface area contributed by atoms with Gasteiger partial charge in [0, 0.05) is 25.9 Å². The first-order valence-electron chi connectivity index (χ1n) is 7.11. The summed E-state index contributed by atoms with van der Waals surface area (Å²) < 4.78 is 0. The van der Waals surface area contributed by atoms with Crippen molar-refractivity contribution in [1.29, 1.82) is 0 Å². The molecule has 0 radical (unpaired) electrons. The van der Waals surface area contributed by atoms with E-state index in [9.17, 15) is 19.5 Å². The van der Waals surface area contributed by atoms with Crippen LogP contribution in [0.3, 0.4) is 0 Å². The van der Waals surface area contributed by atoms with Gasteiger partial charge in [0.05, 0.1) is 5.37 Å². The molecule has 0 aromatic heterocycles. The molecule has 118 valence electrons. The maximum Gasteiger partial charge on any atom is 0.327 e. The molecule has 2 heterocycles. The molecule has 0 bridgehead atoms. The summed E-state index contributed by atoms with van der Waals surface area (Å²) in [6.07, 6.45) is 1.65. The summed E-state index contributed by atoms with van der Waals surface area (Å²) in [7, 11) is 1.70. The van der Waals surface area contributed by atoms with Crippen molar-refractivity contribution in [3.05, 3.63) is 0 Å². The van der Waals surface area contributed by atoms with Crippen LogP contribution in [-0.4, -0.2) is 81.6 Å². The Hall–Kier alpha value is -1.44. The lowest BCUT2D eigenvalue weighted by molar-refractivity contribution is -0.141. The molecule has 3 amide bonds. The van der Waals surface area contributed by atoms with Crippen LogP contribution in [0.1, 0.15) is 19.8 Å². The number of piperazine rings is 1. The van der Waals surface area contributed by atoms with Crippen LogP contribution in [0.5, 0.6) is 0 Å². The second-order valence-corrected chi connectivity index (χ2v) is 6.57. The number of rotatable bonds is 3. The number of carboxylic acids is 1. The number of urea groups is 1. The van der Waals surface area contributed by atoms with Crippen LogP contribution in [0.4, 0.5) is 4.79 Å². The van der Waals surface area contributed by atoms with Gasteiger partial charge in [-0.05, 0) is 6.42 Å². The van der Waals surface area contributed by atoms with Gasteiger partial charge in [-0.2, -0.15) is 0 Å². The number of carbonyl (C=O) groups is 3. The van der Waals surface area contributed by atoms with Crippen molar-refractivity contribution in [2.75, 3.05) is 32.4 Å². The largest absolute Gasteiger partial charge is 0.480 e. The zero-order valence-electron chi connectivity index (χ0n) is 12.3. The molecule has 8 heteroatoms. The van der Waals surface area contributed by atoms with Gasteiger partial charge in [-0.15, -0.1) is 11.8 Å². The molecule has 2 aliphatic rings. The van der Waals surface area contributed by atoms with Crippen molar-refractivity contribution >= 4 is 29.7 Å². The fraction of sp³-hybridized carbons (Fsp3) is 0.769. The van der Waals surface area contributed by atoms with Gasteiger partial charge in [-0.3, -0.25) is 9.69 Å². The predicted molar refractivity (Wildman–Crippen MR) is 79.0 cm³/mol. The van der Waals surface area contributed by atoms with E-state index in [0.717, 1.165) is 12.8 Å². The lowest BCUT2D eigenvalue weighted by atomic mass is 10.2. The van der Waals surface area contributed by atoms with E-state index >= 15 is 0 Å². The number of hydrogen-bond donors (Lipinski definition) is 1. The number of hydrogen-bond acceptors (Lipinski definition) is 4. The minimum atomic E-state index is -0.977. The first kappa shape index (κ1) is 15.9. The average Bonchev–Trinajstić information content (AvgIpc) is 2.85. The zero-order chi connectivity index (χ0) is 15.6. The Labute approximate surface area is 128 Å². The number of carbonyl (C=O) groups excluding carboxylic acids is 2. The Kier molecular flexibility index (Phi) is 4.97. The molecule has 2 saturated heterocycles. The first-order chi connectivity index (χ1) is 9.95. The first-order valence-corrected chi connectivity index (χ1v) is 8.16. The van der Waals surface area contributed by atoms with E-state index < -0.39 is 12.0 Å². The fourth-order valence-electron chi connectivity index (χ4n) is 2.56. The maximum atomic E-state index is 12.7. The Morgan fingerprint density at radius 3 is 2.67 bits per heavy atom. The van der Waals surface area contributed by atoms with Crippen LogP contribution < -0.4 is 0 Å². The van der Waals surface area contributed by atoms with Crippen molar-refractivity contribution in [2.24, 2.45) is 0 Å². The van der Waals surface area contributed by atoms with E-state index in [2.05, 4.69) is 0 Å². The van der Waals surface area contributed by atoms with Crippen molar-refractivity contribution in [3.8, 4) is 0 Å². The second-order valence-electron chi connectivity index (χ2n) is 5.36. The van der Waals surface area contributed by atoms with Gasteiger partial charge in [-0.1, -0.05) is 13.3 Å². The molecule has 2 unspecified atom stereocenters. The molecule has 21 heavy (non-hydrogen) atoms. The number of aliphatic carboxylic acids is 1. The molecule has 0 aliphatic carbocycles. The quantitative estimate of drug-likeness (QED) is 0.820. The van der Waals surface area contributed by atoms with Gasteiger partial charge in [0.1, 0.15) is 12.6 Å². The average molecular weight is 315 g/mol. The number of thioether (sulfide) groups is 1. The number of nitrogens with zero attached hydrogens (tertiary/aromatic N) is 3. The maximum absolute atomic E-state index is 12.7. The highest BCUT2D eigenvalue weighted by molar-refractivity contribution is 8.00. The summed E-state index contributed by atoms with van der Waals surface area (Å²) >= 11 is 1.51. The predicted octanol–water partition coefficient (Wildman–Crippen LogP) is 0.509. The SMILES string of the molecule is CCCC1SCC(C(=O)O)N1C(=O)N1CCN(C)C(=O)C1. The van der Waals surface area contributed by atoms with E-state index in [-0.39, 0.29) is 23.9 Å². The molecule has 2 aliphatic heterocycles. The molecule has 0 aromatic rings. The molecule has 1 N–H and O–H groups in total. The molecule has 0 spiro atoms. The summed E-state index contributed by atoms with van der Waals surface area (Å²) in [5.41, 5.74) is 0. The van der Waals surface area contributed by atoms with Crippen LogP contribution in [0.25, 0.3) is 0 Å².